The Labute approximate surface area is 108 Å². The van der Waals surface area contributed by atoms with Crippen LogP contribution in [0.2, 0.25) is 0 Å². The molecule has 0 atom stereocenters. The summed E-state index contributed by atoms with van der Waals surface area (Å²) in [6, 6.07) is 13.4. The fourth-order valence-corrected chi connectivity index (χ4v) is 2.27. The van der Waals surface area contributed by atoms with Gasteiger partial charge in [-0.3, -0.25) is 0 Å². The first kappa shape index (κ1) is 10.9. The fourth-order valence-electron chi connectivity index (χ4n) is 1.62. The molecule has 1 aromatic heterocycles. The Morgan fingerprint density at radius 1 is 1.11 bits per heavy atom. The van der Waals surface area contributed by atoms with Gasteiger partial charge in [-0.1, -0.05) is 36.4 Å². The van der Waals surface area contributed by atoms with Crippen molar-refractivity contribution in [3.63, 3.8) is 0 Å². The number of carbonyl (C=O) groups is 1. The molecule has 0 amide bonds. The lowest BCUT2D eigenvalue weighted by molar-refractivity contribution is -0.129. The van der Waals surface area contributed by atoms with Gasteiger partial charge in [0.1, 0.15) is 0 Å². The van der Waals surface area contributed by atoms with Crippen molar-refractivity contribution in [1.29, 1.82) is 0 Å². The lowest BCUT2D eigenvalue weighted by Gasteiger charge is -1.93. The van der Waals surface area contributed by atoms with Crippen molar-refractivity contribution >= 4 is 29.3 Å². The van der Waals surface area contributed by atoms with E-state index in [9.17, 15) is 4.79 Å². The van der Waals surface area contributed by atoms with Crippen LogP contribution in [0, 0.1) is 0 Å². The smallest absolute Gasteiger partial charge is 0.363 e. The van der Waals surface area contributed by atoms with Crippen molar-refractivity contribution in [2.24, 2.45) is 4.99 Å². The molecule has 0 N–H and O–H groups in total. The Morgan fingerprint density at radius 2 is 1.94 bits per heavy atom. The van der Waals surface area contributed by atoms with Crippen LogP contribution in [0.3, 0.4) is 0 Å². The third-order valence-electron chi connectivity index (χ3n) is 2.46. The van der Waals surface area contributed by atoms with E-state index in [0.29, 0.717) is 11.6 Å². The van der Waals surface area contributed by atoms with Crippen molar-refractivity contribution in [2.45, 2.75) is 0 Å². The molecule has 0 saturated carbocycles. The lowest BCUT2D eigenvalue weighted by Crippen LogP contribution is -2.03. The number of nitrogens with zero attached hydrogens (tertiary/aromatic N) is 1. The molecule has 1 aliphatic rings. The maximum absolute atomic E-state index is 11.7. The van der Waals surface area contributed by atoms with Gasteiger partial charge in [0.15, 0.2) is 5.70 Å². The van der Waals surface area contributed by atoms with Gasteiger partial charge in [-0.05, 0) is 23.1 Å². The quantitative estimate of drug-likeness (QED) is 0.611. The molecule has 1 aromatic carbocycles. The zero-order valence-electron chi connectivity index (χ0n) is 9.37. The van der Waals surface area contributed by atoms with E-state index in [4.69, 9.17) is 4.74 Å². The Hall–Kier alpha value is -2.20. The molecular weight excluding hydrogens is 246 g/mol. The van der Waals surface area contributed by atoms with Crippen LogP contribution in [-0.4, -0.2) is 11.9 Å². The molecule has 0 fully saturated rings. The van der Waals surface area contributed by atoms with E-state index in [0.717, 1.165) is 10.4 Å². The molecule has 0 aliphatic carbocycles. The molecule has 0 bridgehead atoms. The van der Waals surface area contributed by atoms with Crippen molar-refractivity contribution in [2.75, 3.05) is 0 Å². The summed E-state index contributed by atoms with van der Waals surface area (Å²) in [6.07, 6.45) is 1.73. The van der Waals surface area contributed by atoms with Crippen LogP contribution in [0.5, 0.6) is 0 Å². The zero-order valence-corrected chi connectivity index (χ0v) is 10.2. The highest BCUT2D eigenvalue weighted by molar-refractivity contribution is 7.12. The molecule has 0 spiro atoms. The van der Waals surface area contributed by atoms with Crippen molar-refractivity contribution in [1.82, 2.24) is 0 Å². The molecule has 4 heteroatoms. The minimum absolute atomic E-state index is 0.338. The van der Waals surface area contributed by atoms with Gasteiger partial charge in [-0.15, -0.1) is 11.3 Å². The monoisotopic (exact) mass is 255 g/mol. The third-order valence-corrected chi connectivity index (χ3v) is 3.31. The number of hydrogen-bond donors (Lipinski definition) is 0. The molecule has 0 unspecified atom stereocenters. The average Bonchev–Trinajstić information content (AvgIpc) is 3.01. The third kappa shape index (κ3) is 2.10. The predicted octanol–water partition coefficient (Wildman–Crippen LogP) is 3.09. The number of ether oxygens (including phenoxy) is 1. The first-order valence-electron chi connectivity index (χ1n) is 5.44. The summed E-state index contributed by atoms with van der Waals surface area (Å²) in [5.41, 5.74) is 1.27. The van der Waals surface area contributed by atoms with E-state index >= 15 is 0 Å². The number of carbonyl (C=O) groups excluding carboxylic acids is 1. The van der Waals surface area contributed by atoms with Crippen LogP contribution in [0.25, 0.3) is 6.08 Å². The van der Waals surface area contributed by atoms with E-state index in [1.807, 2.05) is 47.8 Å². The first-order valence-corrected chi connectivity index (χ1v) is 6.32. The molecule has 0 radical (unpaired) electrons. The molecule has 3 rings (SSSR count). The van der Waals surface area contributed by atoms with Gasteiger partial charge in [-0.2, -0.15) is 0 Å². The molecule has 2 heterocycles. The van der Waals surface area contributed by atoms with Crippen LogP contribution in [0.4, 0.5) is 0 Å². The van der Waals surface area contributed by atoms with Gasteiger partial charge in [0.25, 0.3) is 0 Å². The predicted molar refractivity (Wildman–Crippen MR) is 71.4 cm³/mol. The van der Waals surface area contributed by atoms with Crippen molar-refractivity contribution < 1.29 is 9.53 Å². The van der Waals surface area contributed by atoms with Crippen molar-refractivity contribution in [3.8, 4) is 0 Å². The fraction of sp³-hybridized carbons (Fsp3) is 0. The van der Waals surface area contributed by atoms with E-state index in [1.54, 1.807) is 6.08 Å². The highest BCUT2D eigenvalue weighted by Gasteiger charge is 2.24. The Kier molecular flexibility index (Phi) is 2.78. The number of benzene rings is 1. The summed E-state index contributed by atoms with van der Waals surface area (Å²) in [5, 5.41) is 1.92. The molecule has 0 saturated heterocycles. The number of thiophene rings is 1. The summed E-state index contributed by atoms with van der Waals surface area (Å²) in [7, 11) is 0. The summed E-state index contributed by atoms with van der Waals surface area (Å²) in [5.74, 6) is -0.0144. The lowest BCUT2D eigenvalue weighted by atomic mass is 10.2. The Bertz CT molecular complexity index is 627. The van der Waals surface area contributed by atoms with Gasteiger partial charge < -0.3 is 4.74 Å². The minimum Gasteiger partial charge on any atom is -0.401 e. The van der Waals surface area contributed by atoms with Crippen LogP contribution in [0.1, 0.15) is 10.4 Å². The summed E-state index contributed by atoms with van der Waals surface area (Å²) >= 11 is 1.50. The molecule has 2 aromatic rings. The van der Waals surface area contributed by atoms with Gasteiger partial charge in [0, 0.05) is 0 Å². The maximum atomic E-state index is 11.7. The second-order valence-electron chi connectivity index (χ2n) is 3.72. The van der Waals surface area contributed by atoms with Crippen LogP contribution < -0.4 is 0 Å². The number of esters is 1. The molecule has 1 aliphatic heterocycles. The summed E-state index contributed by atoms with van der Waals surface area (Å²) < 4.78 is 5.14. The summed E-state index contributed by atoms with van der Waals surface area (Å²) in [4.78, 5) is 16.8. The normalized spacial score (nSPS) is 16.8. The zero-order chi connectivity index (χ0) is 12.4. The van der Waals surface area contributed by atoms with Gasteiger partial charge in [0.2, 0.25) is 5.90 Å². The van der Waals surface area contributed by atoms with Gasteiger partial charge in [-0.25, -0.2) is 9.79 Å². The van der Waals surface area contributed by atoms with E-state index in [-0.39, 0.29) is 0 Å². The van der Waals surface area contributed by atoms with E-state index in [1.165, 1.54) is 11.3 Å². The van der Waals surface area contributed by atoms with E-state index < -0.39 is 5.97 Å². The SMILES string of the molecule is O=C1OC(c2cccs2)=N/C1=C/c1ccccc1. The number of cyclic esters (lactones) is 1. The highest BCUT2D eigenvalue weighted by Crippen LogP contribution is 2.21. The molecule has 3 nitrogen and oxygen atoms in total. The van der Waals surface area contributed by atoms with Crippen LogP contribution in [0.15, 0.2) is 58.5 Å². The Balaban J connectivity index is 1.94. The minimum atomic E-state index is -0.401. The summed E-state index contributed by atoms with van der Waals surface area (Å²) in [6.45, 7) is 0. The average molecular weight is 255 g/mol. The number of rotatable bonds is 2. The second kappa shape index (κ2) is 4.58. The van der Waals surface area contributed by atoms with Crippen LogP contribution in [-0.2, 0) is 9.53 Å². The second-order valence-corrected chi connectivity index (χ2v) is 4.67. The van der Waals surface area contributed by atoms with Gasteiger partial charge >= 0.3 is 5.97 Å². The van der Waals surface area contributed by atoms with Gasteiger partial charge in [0.05, 0.1) is 4.88 Å². The van der Waals surface area contributed by atoms with Crippen LogP contribution >= 0.6 is 11.3 Å². The standard InChI is InChI=1S/C14H9NO2S/c16-14-11(9-10-5-2-1-3-6-10)15-13(17-14)12-7-4-8-18-12/h1-9H/b11-9+. The Morgan fingerprint density at radius 3 is 2.67 bits per heavy atom. The topological polar surface area (TPSA) is 38.7 Å². The van der Waals surface area contributed by atoms with Crippen molar-refractivity contribution in [3.05, 3.63) is 64.0 Å². The van der Waals surface area contributed by atoms with E-state index in [2.05, 4.69) is 4.99 Å². The number of aliphatic imine (C=N–C) groups is 1. The largest absolute Gasteiger partial charge is 0.401 e. The molecular formula is C14H9NO2S. The first-order chi connectivity index (χ1) is 8.83. The molecule has 18 heavy (non-hydrogen) atoms. The molecule has 88 valence electrons. The highest BCUT2D eigenvalue weighted by atomic mass is 32.1. The number of hydrogen-bond acceptors (Lipinski definition) is 4. The maximum Gasteiger partial charge on any atom is 0.363 e.